The monoisotopic (exact) mass is 315 g/mol. The maximum atomic E-state index is 12.0. The Morgan fingerprint density at radius 2 is 2.00 bits per heavy atom. The first kappa shape index (κ1) is 14.4. The lowest BCUT2D eigenvalue weighted by Crippen LogP contribution is -2.04. The number of nitrogens with zero attached hydrogens (tertiary/aromatic N) is 4. The molecule has 10 nitrogen and oxygen atoms in total. The van der Waals surface area contributed by atoms with E-state index in [9.17, 15) is 25.0 Å². The van der Waals surface area contributed by atoms with Crippen LogP contribution in [0.25, 0.3) is 11.6 Å². The number of nitro benzene ring substituents is 1. The van der Waals surface area contributed by atoms with Crippen LogP contribution in [0.3, 0.4) is 0 Å². The fourth-order valence-electron chi connectivity index (χ4n) is 2.28. The lowest BCUT2D eigenvalue weighted by molar-refractivity contribution is -0.391. The molecule has 1 aromatic carbocycles. The summed E-state index contributed by atoms with van der Waals surface area (Å²) in [5.74, 6) is -0.484. The summed E-state index contributed by atoms with van der Waals surface area (Å²) in [6.45, 7) is 0. The van der Waals surface area contributed by atoms with Crippen molar-refractivity contribution in [3.63, 3.8) is 0 Å². The van der Waals surface area contributed by atoms with Gasteiger partial charge in [0.25, 0.3) is 11.6 Å². The Morgan fingerprint density at radius 1 is 1.26 bits per heavy atom. The molecule has 0 saturated heterocycles. The number of fused-ring (bicyclic) bond motifs is 1. The molecule has 1 aliphatic heterocycles. The zero-order chi connectivity index (χ0) is 16.7. The highest BCUT2D eigenvalue weighted by Crippen LogP contribution is 2.35. The standard InChI is InChI=1S/C13H9N5O5/c1-16-11(14-6-12(16)18(22)23)5-9-8-4-7(17(20)21)2-3-10(8)15-13(9)19/h2-6H,1H3,(H,15,19)/b9-5-. The third-order valence-electron chi connectivity index (χ3n) is 3.46. The molecule has 0 saturated carbocycles. The molecule has 23 heavy (non-hydrogen) atoms. The fourth-order valence-corrected chi connectivity index (χ4v) is 2.28. The summed E-state index contributed by atoms with van der Waals surface area (Å²) in [7, 11) is 1.44. The zero-order valence-electron chi connectivity index (χ0n) is 11.7. The summed E-state index contributed by atoms with van der Waals surface area (Å²) < 4.78 is 1.22. The van der Waals surface area contributed by atoms with Gasteiger partial charge in [-0.3, -0.25) is 14.9 Å². The van der Waals surface area contributed by atoms with Gasteiger partial charge in [0.05, 0.1) is 17.5 Å². The van der Waals surface area contributed by atoms with Crippen molar-refractivity contribution in [1.82, 2.24) is 9.55 Å². The van der Waals surface area contributed by atoms with Gasteiger partial charge in [-0.2, -0.15) is 0 Å². The number of hydrogen-bond donors (Lipinski definition) is 1. The van der Waals surface area contributed by atoms with E-state index in [1.165, 1.54) is 35.9 Å². The third-order valence-corrected chi connectivity index (χ3v) is 3.46. The molecule has 1 aliphatic rings. The minimum absolute atomic E-state index is 0.156. The minimum Gasteiger partial charge on any atom is -0.358 e. The van der Waals surface area contributed by atoms with E-state index in [4.69, 9.17) is 0 Å². The Balaban J connectivity index is 2.11. The molecule has 0 bridgehead atoms. The maximum absolute atomic E-state index is 12.0. The molecule has 0 radical (unpaired) electrons. The molecule has 1 aromatic heterocycles. The highest BCUT2D eigenvalue weighted by molar-refractivity contribution is 6.34. The van der Waals surface area contributed by atoms with Gasteiger partial charge in [0.15, 0.2) is 0 Å². The number of carbonyl (C=O) groups excluding carboxylic acids is 1. The third kappa shape index (κ3) is 2.31. The Hall–Kier alpha value is -3.56. The Morgan fingerprint density at radius 3 is 2.61 bits per heavy atom. The van der Waals surface area contributed by atoms with Crippen LogP contribution in [-0.4, -0.2) is 25.3 Å². The van der Waals surface area contributed by atoms with Crippen molar-refractivity contribution >= 4 is 34.7 Å². The first-order valence-electron chi connectivity index (χ1n) is 6.36. The Bertz CT molecular complexity index is 898. The summed E-state index contributed by atoms with van der Waals surface area (Å²) in [5, 5.41) is 24.3. The first-order chi connectivity index (χ1) is 10.9. The lowest BCUT2D eigenvalue weighted by atomic mass is 10.1. The summed E-state index contributed by atoms with van der Waals surface area (Å²) in [6, 6.07) is 4.00. The van der Waals surface area contributed by atoms with Gasteiger partial charge in [0.2, 0.25) is 5.82 Å². The van der Waals surface area contributed by atoms with E-state index in [2.05, 4.69) is 10.3 Å². The summed E-state index contributed by atoms with van der Waals surface area (Å²) in [6.07, 6.45) is 2.44. The van der Waals surface area contributed by atoms with Gasteiger partial charge in [0.1, 0.15) is 6.20 Å². The van der Waals surface area contributed by atoms with Crippen LogP contribution in [0, 0.1) is 20.2 Å². The molecule has 0 aliphatic carbocycles. The molecule has 1 amide bonds. The van der Waals surface area contributed by atoms with E-state index in [0.717, 1.165) is 6.20 Å². The predicted octanol–water partition coefficient (Wildman–Crippen LogP) is 1.73. The fraction of sp³-hybridized carbons (Fsp3) is 0.0769. The average Bonchev–Trinajstić information content (AvgIpc) is 3.00. The number of imidazole rings is 1. The SMILES string of the molecule is Cn1c([N+](=O)[O-])cnc1/C=C1\C(=O)Nc2ccc([N+](=O)[O-])cc21. The molecule has 0 atom stereocenters. The molecule has 0 unspecified atom stereocenters. The molecular weight excluding hydrogens is 306 g/mol. The molecular formula is C13H9N5O5. The molecule has 3 rings (SSSR count). The van der Waals surface area contributed by atoms with Crippen molar-refractivity contribution in [3.05, 3.63) is 56.0 Å². The molecule has 2 aromatic rings. The van der Waals surface area contributed by atoms with Crippen LogP contribution in [0.2, 0.25) is 0 Å². The number of aromatic nitrogens is 2. The van der Waals surface area contributed by atoms with Crippen molar-refractivity contribution in [3.8, 4) is 0 Å². The summed E-state index contributed by atoms with van der Waals surface area (Å²) in [4.78, 5) is 36.5. The van der Waals surface area contributed by atoms with Crippen LogP contribution in [0.15, 0.2) is 24.4 Å². The van der Waals surface area contributed by atoms with E-state index in [1.807, 2.05) is 0 Å². The number of benzene rings is 1. The second kappa shape index (κ2) is 5.02. The minimum atomic E-state index is -0.595. The second-order valence-corrected chi connectivity index (χ2v) is 4.79. The molecule has 0 spiro atoms. The highest BCUT2D eigenvalue weighted by Gasteiger charge is 2.28. The first-order valence-corrected chi connectivity index (χ1v) is 6.36. The number of rotatable bonds is 3. The van der Waals surface area contributed by atoms with Crippen LogP contribution in [0.1, 0.15) is 11.4 Å². The topological polar surface area (TPSA) is 133 Å². The number of nitrogens with one attached hydrogen (secondary N) is 1. The molecule has 0 fully saturated rings. The normalized spacial score (nSPS) is 14.7. The number of anilines is 1. The van der Waals surface area contributed by atoms with Crippen molar-refractivity contribution < 1.29 is 14.6 Å². The molecule has 116 valence electrons. The van der Waals surface area contributed by atoms with Crippen LogP contribution in [-0.2, 0) is 11.8 Å². The predicted molar refractivity (Wildman–Crippen MR) is 79.5 cm³/mol. The second-order valence-electron chi connectivity index (χ2n) is 4.79. The lowest BCUT2D eigenvalue weighted by Gasteiger charge is -1.98. The number of amides is 1. The largest absolute Gasteiger partial charge is 0.358 e. The quantitative estimate of drug-likeness (QED) is 0.521. The van der Waals surface area contributed by atoms with Crippen molar-refractivity contribution in [1.29, 1.82) is 0 Å². The van der Waals surface area contributed by atoms with Gasteiger partial charge in [0, 0.05) is 29.5 Å². The van der Waals surface area contributed by atoms with Gasteiger partial charge < -0.3 is 15.4 Å². The van der Waals surface area contributed by atoms with Crippen molar-refractivity contribution in [2.75, 3.05) is 5.32 Å². The van der Waals surface area contributed by atoms with Gasteiger partial charge in [-0.05, 0) is 11.0 Å². The smallest absolute Gasteiger partial charge is 0.342 e. The number of nitro groups is 2. The van der Waals surface area contributed by atoms with E-state index in [1.54, 1.807) is 0 Å². The van der Waals surface area contributed by atoms with Crippen LogP contribution in [0.5, 0.6) is 0 Å². The average molecular weight is 315 g/mol. The Kier molecular flexibility index (Phi) is 3.14. The van der Waals surface area contributed by atoms with E-state index in [0.29, 0.717) is 11.3 Å². The molecule has 10 heteroatoms. The summed E-state index contributed by atoms with van der Waals surface area (Å²) in [5.41, 5.74) is 0.801. The van der Waals surface area contributed by atoms with E-state index < -0.39 is 15.8 Å². The van der Waals surface area contributed by atoms with Crippen molar-refractivity contribution in [2.24, 2.45) is 7.05 Å². The van der Waals surface area contributed by atoms with Gasteiger partial charge in [-0.1, -0.05) is 0 Å². The van der Waals surface area contributed by atoms with Crippen molar-refractivity contribution in [2.45, 2.75) is 0 Å². The highest BCUT2D eigenvalue weighted by atomic mass is 16.6. The van der Waals surface area contributed by atoms with E-state index in [-0.39, 0.29) is 22.9 Å². The number of non-ortho nitro benzene ring substituents is 1. The molecule has 2 heterocycles. The number of carbonyl (C=O) groups is 1. The van der Waals surface area contributed by atoms with Gasteiger partial charge in [-0.15, -0.1) is 0 Å². The van der Waals surface area contributed by atoms with Crippen LogP contribution in [0.4, 0.5) is 17.2 Å². The Labute approximate surface area is 128 Å². The van der Waals surface area contributed by atoms with Crippen LogP contribution >= 0.6 is 0 Å². The van der Waals surface area contributed by atoms with Gasteiger partial charge in [-0.25, -0.2) is 9.55 Å². The van der Waals surface area contributed by atoms with Crippen LogP contribution < -0.4 is 5.32 Å². The summed E-state index contributed by atoms with van der Waals surface area (Å²) >= 11 is 0. The van der Waals surface area contributed by atoms with Gasteiger partial charge >= 0.3 is 5.82 Å². The van der Waals surface area contributed by atoms with E-state index >= 15 is 0 Å². The molecule has 1 N–H and O–H groups in total. The zero-order valence-corrected chi connectivity index (χ0v) is 11.7. The maximum Gasteiger partial charge on any atom is 0.342 e. The number of hydrogen-bond acceptors (Lipinski definition) is 6.